The van der Waals surface area contributed by atoms with E-state index in [0.717, 1.165) is 19.5 Å². The number of amides is 1. The molecule has 2 N–H and O–H groups in total. The van der Waals surface area contributed by atoms with E-state index >= 15 is 0 Å². The number of carbonyl (C=O) groups is 1. The normalized spacial score (nSPS) is 13.5. The molecule has 1 aromatic heterocycles. The smallest absolute Gasteiger partial charge is 0.272 e. The van der Waals surface area contributed by atoms with Crippen molar-refractivity contribution in [1.82, 2.24) is 20.4 Å². The first-order valence-corrected chi connectivity index (χ1v) is 7.61. The summed E-state index contributed by atoms with van der Waals surface area (Å²) in [6.07, 6.45) is 4.66. The number of nitro benzene ring substituents is 1. The lowest BCUT2D eigenvalue weighted by molar-refractivity contribution is -0.384. The molecule has 0 bridgehead atoms. The lowest BCUT2D eigenvalue weighted by atomic mass is 10.1. The van der Waals surface area contributed by atoms with Crippen molar-refractivity contribution < 1.29 is 9.72 Å². The van der Waals surface area contributed by atoms with Gasteiger partial charge in [-0.15, -0.1) is 12.4 Å². The maximum Gasteiger partial charge on any atom is 0.272 e. The number of rotatable bonds is 5. The van der Waals surface area contributed by atoms with E-state index in [0.29, 0.717) is 17.9 Å². The SMILES string of the molecule is Cl.O=C(NCC1=CCNCC1)c1ccn(-c2ccc([N+](=O)[O-])cc2)n1. The van der Waals surface area contributed by atoms with Crippen LogP contribution in [-0.2, 0) is 0 Å². The molecule has 1 aliphatic rings. The number of hydrogen-bond donors (Lipinski definition) is 2. The molecule has 0 saturated heterocycles. The monoisotopic (exact) mass is 363 g/mol. The number of nitro groups is 1. The number of nitrogens with one attached hydrogen (secondary N) is 2. The molecule has 1 aromatic carbocycles. The molecule has 1 aliphatic heterocycles. The molecule has 0 aliphatic carbocycles. The Morgan fingerprint density at radius 1 is 1.32 bits per heavy atom. The van der Waals surface area contributed by atoms with E-state index in [1.807, 2.05) is 0 Å². The number of non-ortho nitro benzene ring substituents is 1. The van der Waals surface area contributed by atoms with Gasteiger partial charge in [-0.2, -0.15) is 5.10 Å². The molecular weight excluding hydrogens is 346 g/mol. The highest BCUT2D eigenvalue weighted by molar-refractivity contribution is 5.92. The van der Waals surface area contributed by atoms with Gasteiger partial charge in [0.2, 0.25) is 0 Å². The molecule has 25 heavy (non-hydrogen) atoms. The van der Waals surface area contributed by atoms with Crippen molar-refractivity contribution in [1.29, 1.82) is 0 Å². The summed E-state index contributed by atoms with van der Waals surface area (Å²) in [5, 5.41) is 21.0. The number of benzene rings is 1. The highest BCUT2D eigenvalue weighted by Gasteiger charge is 2.12. The van der Waals surface area contributed by atoms with Crippen molar-refractivity contribution in [2.45, 2.75) is 6.42 Å². The van der Waals surface area contributed by atoms with Crippen molar-refractivity contribution in [2.75, 3.05) is 19.6 Å². The average Bonchev–Trinajstić information content (AvgIpc) is 3.11. The Hall–Kier alpha value is -2.71. The topological polar surface area (TPSA) is 102 Å². The molecule has 0 atom stereocenters. The fraction of sp³-hybridized carbons (Fsp3) is 0.250. The van der Waals surface area contributed by atoms with E-state index in [1.54, 1.807) is 24.4 Å². The molecule has 1 amide bonds. The zero-order valence-corrected chi connectivity index (χ0v) is 14.2. The number of hydrogen-bond acceptors (Lipinski definition) is 5. The van der Waals surface area contributed by atoms with E-state index in [9.17, 15) is 14.9 Å². The maximum atomic E-state index is 12.2. The molecule has 2 aromatic rings. The van der Waals surface area contributed by atoms with E-state index in [2.05, 4.69) is 21.8 Å². The van der Waals surface area contributed by atoms with Crippen LogP contribution >= 0.6 is 12.4 Å². The number of aromatic nitrogens is 2. The summed E-state index contributed by atoms with van der Waals surface area (Å²) in [5.74, 6) is -0.241. The van der Waals surface area contributed by atoms with Crippen LogP contribution in [-0.4, -0.2) is 40.2 Å². The van der Waals surface area contributed by atoms with Gasteiger partial charge in [0.15, 0.2) is 5.69 Å². The van der Waals surface area contributed by atoms with Gasteiger partial charge >= 0.3 is 0 Å². The van der Waals surface area contributed by atoms with Crippen LogP contribution in [0.2, 0.25) is 0 Å². The van der Waals surface area contributed by atoms with Gasteiger partial charge in [0.25, 0.3) is 11.6 Å². The summed E-state index contributed by atoms with van der Waals surface area (Å²) in [6, 6.07) is 7.60. The van der Waals surface area contributed by atoms with Gasteiger partial charge in [0.1, 0.15) is 0 Å². The Bertz CT molecular complexity index is 785. The zero-order chi connectivity index (χ0) is 16.9. The second kappa shape index (κ2) is 8.41. The second-order valence-corrected chi connectivity index (χ2v) is 5.42. The maximum absolute atomic E-state index is 12.2. The molecule has 0 fully saturated rings. The summed E-state index contributed by atoms with van der Waals surface area (Å²) in [5.41, 5.74) is 2.18. The first kappa shape index (κ1) is 18.6. The van der Waals surface area contributed by atoms with Gasteiger partial charge in [-0.1, -0.05) is 11.6 Å². The minimum absolute atomic E-state index is 0. The lowest BCUT2D eigenvalue weighted by Crippen LogP contribution is -2.29. The first-order valence-electron chi connectivity index (χ1n) is 7.61. The van der Waals surface area contributed by atoms with Crippen molar-refractivity contribution in [3.05, 3.63) is 64.0 Å². The molecule has 8 nitrogen and oxygen atoms in total. The largest absolute Gasteiger partial charge is 0.347 e. The molecule has 2 heterocycles. The van der Waals surface area contributed by atoms with Gasteiger partial charge in [-0.05, 0) is 31.2 Å². The fourth-order valence-corrected chi connectivity index (χ4v) is 2.43. The van der Waals surface area contributed by atoms with Crippen LogP contribution in [0.25, 0.3) is 5.69 Å². The van der Waals surface area contributed by atoms with Crippen LogP contribution < -0.4 is 10.6 Å². The van der Waals surface area contributed by atoms with E-state index in [-0.39, 0.29) is 24.0 Å². The third-order valence-electron chi connectivity index (χ3n) is 3.78. The van der Waals surface area contributed by atoms with Crippen LogP contribution in [0, 0.1) is 10.1 Å². The van der Waals surface area contributed by atoms with Crippen molar-refractivity contribution in [3.63, 3.8) is 0 Å². The van der Waals surface area contributed by atoms with Gasteiger partial charge in [-0.25, -0.2) is 4.68 Å². The Morgan fingerprint density at radius 3 is 2.72 bits per heavy atom. The summed E-state index contributed by atoms with van der Waals surface area (Å²) >= 11 is 0. The Morgan fingerprint density at radius 2 is 2.08 bits per heavy atom. The Balaban J connectivity index is 0.00000225. The molecule has 0 unspecified atom stereocenters. The van der Waals surface area contributed by atoms with E-state index in [1.165, 1.54) is 22.4 Å². The third-order valence-corrected chi connectivity index (χ3v) is 3.78. The van der Waals surface area contributed by atoms with Gasteiger partial charge < -0.3 is 10.6 Å². The molecule has 132 valence electrons. The predicted molar refractivity (Wildman–Crippen MR) is 95.4 cm³/mol. The molecule has 0 saturated carbocycles. The molecule has 0 spiro atoms. The minimum Gasteiger partial charge on any atom is -0.347 e. The quantitative estimate of drug-likeness (QED) is 0.479. The minimum atomic E-state index is -0.457. The van der Waals surface area contributed by atoms with Gasteiger partial charge in [0.05, 0.1) is 10.6 Å². The molecule has 9 heteroatoms. The summed E-state index contributed by atoms with van der Waals surface area (Å²) in [7, 11) is 0. The lowest BCUT2D eigenvalue weighted by Gasteiger charge is -2.14. The average molecular weight is 364 g/mol. The summed E-state index contributed by atoms with van der Waals surface area (Å²) in [4.78, 5) is 22.4. The second-order valence-electron chi connectivity index (χ2n) is 5.42. The predicted octanol–water partition coefficient (Wildman–Crippen LogP) is 1.85. The Kier molecular flexibility index (Phi) is 6.26. The standard InChI is InChI=1S/C16H17N5O3.ClH/c22-16(18-11-12-5-8-17-9-6-12)15-7-10-20(19-15)13-1-3-14(4-2-13)21(23)24;/h1-5,7,10,17H,6,8-9,11H2,(H,18,22);1H. The highest BCUT2D eigenvalue weighted by Crippen LogP contribution is 2.15. The summed E-state index contributed by atoms with van der Waals surface area (Å²) in [6.45, 7) is 2.28. The Labute approximate surface area is 150 Å². The first-order chi connectivity index (χ1) is 11.6. The van der Waals surface area contributed by atoms with Crippen molar-refractivity contribution in [2.24, 2.45) is 0 Å². The van der Waals surface area contributed by atoms with Crippen LogP contribution in [0.3, 0.4) is 0 Å². The van der Waals surface area contributed by atoms with E-state index < -0.39 is 4.92 Å². The van der Waals surface area contributed by atoms with Gasteiger partial charge in [0, 0.05) is 31.4 Å². The summed E-state index contributed by atoms with van der Waals surface area (Å²) < 4.78 is 1.52. The number of carbonyl (C=O) groups excluding carboxylic acids is 1. The zero-order valence-electron chi connectivity index (χ0n) is 13.3. The fourth-order valence-electron chi connectivity index (χ4n) is 2.43. The third kappa shape index (κ3) is 4.65. The van der Waals surface area contributed by atoms with Gasteiger partial charge in [-0.3, -0.25) is 14.9 Å². The van der Waals surface area contributed by atoms with Crippen molar-refractivity contribution in [3.8, 4) is 5.69 Å². The number of halogens is 1. The van der Waals surface area contributed by atoms with Crippen molar-refractivity contribution >= 4 is 24.0 Å². The van der Waals surface area contributed by atoms with Crippen LogP contribution in [0.5, 0.6) is 0 Å². The van der Waals surface area contributed by atoms with Crippen LogP contribution in [0.1, 0.15) is 16.9 Å². The molecule has 3 rings (SSSR count). The van der Waals surface area contributed by atoms with Crippen LogP contribution in [0.4, 0.5) is 5.69 Å². The highest BCUT2D eigenvalue weighted by atomic mass is 35.5. The molecular formula is C16H18ClN5O3. The molecule has 0 radical (unpaired) electrons. The number of nitrogens with zero attached hydrogens (tertiary/aromatic N) is 3. The van der Waals surface area contributed by atoms with E-state index in [4.69, 9.17) is 0 Å². The van der Waals surface area contributed by atoms with Crippen LogP contribution in [0.15, 0.2) is 48.2 Å².